The van der Waals surface area contributed by atoms with Gasteiger partial charge in [0.15, 0.2) is 0 Å². The maximum atomic E-state index is 5.80. The first-order valence-electron chi connectivity index (χ1n) is 17.6. The summed E-state index contributed by atoms with van der Waals surface area (Å²) in [4.78, 5) is 0. The van der Waals surface area contributed by atoms with Crippen LogP contribution in [0.4, 0.5) is 0 Å². The third kappa shape index (κ3) is 9.08. The summed E-state index contributed by atoms with van der Waals surface area (Å²) in [6.07, 6.45) is 0. The Morgan fingerprint density at radius 3 is 1.11 bits per heavy atom. The Morgan fingerprint density at radius 2 is 0.811 bits per heavy atom. The Balaban J connectivity index is 0.000000224. The quantitative estimate of drug-likeness (QED) is 0.132. The van der Waals surface area contributed by atoms with E-state index in [-0.39, 0.29) is 61.5 Å². The molecule has 0 aliphatic heterocycles. The Hall–Kier alpha value is -3.89. The van der Waals surface area contributed by atoms with Gasteiger partial charge in [-0.1, -0.05) is 137 Å². The Kier molecular flexibility index (Phi) is 13.1. The van der Waals surface area contributed by atoms with Crippen molar-refractivity contribution in [2.24, 2.45) is 0 Å². The van der Waals surface area contributed by atoms with Gasteiger partial charge in [-0.3, -0.25) is 0 Å². The average Bonchev–Trinajstić information content (AvgIpc) is 3.90. The van der Waals surface area contributed by atoms with Gasteiger partial charge in [0.05, 0.1) is 23.0 Å². The second-order valence-electron chi connectivity index (χ2n) is 15.6. The van der Waals surface area contributed by atoms with Crippen LogP contribution in [0.1, 0.15) is 64.2 Å². The van der Waals surface area contributed by atoms with Gasteiger partial charge in [0.25, 0.3) is 0 Å². The van der Waals surface area contributed by atoms with E-state index in [1.54, 1.807) is 0 Å². The summed E-state index contributed by atoms with van der Waals surface area (Å²) in [5, 5.41) is 5.05. The molecule has 53 heavy (non-hydrogen) atoms. The first-order valence-corrected chi connectivity index (χ1v) is 17.6. The van der Waals surface area contributed by atoms with Crippen molar-refractivity contribution in [3.05, 3.63) is 156 Å². The monoisotopic (exact) mass is 904 g/mol. The van der Waals surface area contributed by atoms with Crippen molar-refractivity contribution in [1.29, 1.82) is 0 Å². The van der Waals surface area contributed by atoms with Crippen LogP contribution in [0, 0.1) is 13.8 Å². The summed E-state index contributed by atoms with van der Waals surface area (Å²) in [6, 6.07) is 47.9. The molecule has 0 unspecified atom stereocenters. The summed E-state index contributed by atoms with van der Waals surface area (Å²) < 4.78 is 11.6. The molecule has 2 aromatic heterocycles. The molecule has 6 aromatic carbocycles. The van der Waals surface area contributed by atoms with Crippen LogP contribution in [0.2, 0.25) is 0 Å². The minimum absolute atomic E-state index is 0. The van der Waals surface area contributed by atoms with Crippen molar-refractivity contribution < 1.29 is 59.5 Å². The second kappa shape index (κ2) is 16.6. The van der Waals surface area contributed by atoms with Gasteiger partial charge in [0.2, 0.25) is 0 Å². The molecule has 268 valence electrons. The molecule has 2 heterocycles. The molecule has 0 fully saturated rings. The average molecular weight is 904 g/mol. The molecule has 0 saturated carbocycles. The van der Waals surface area contributed by atoms with Crippen molar-refractivity contribution in [2.45, 2.75) is 66.2 Å². The summed E-state index contributed by atoms with van der Waals surface area (Å²) in [5.41, 5.74) is 10.4. The molecule has 0 aliphatic carbocycles. The molecule has 8 aromatic rings. The molecule has 8 rings (SSSR count). The van der Waals surface area contributed by atoms with Crippen LogP contribution in [-0.2, 0) is 36.7 Å². The van der Waals surface area contributed by atoms with E-state index >= 15 is 0 Å². The topological polar surface area (TPSA) is 26.3 Å². The van der Waals surface area contributed by atoms with E-state index in [0.29, 0.717) is 0 Å². The third-order valence-electron chi connectivity index (χ3n) is 9.68. The van der Waals surface area contributed by atoms with E-state index in [1.807, 2.05) is 38.1 Å². The number of hydrogen-bond acceptors (Lipinski definition) is 2. The van der Waals surface area contributed by atoms with E-state index in [9.17, 15) is 0 Å². The summed E-state index contributed by atoms with van der Waals surface area (Å²) in [7, 11) is 0. The van der Waals surface area contributed by atoms with E-state index < -0.39 is 0 Å². The van der Waals surface area contributed by atoms with E-state index in [0.717, 1.165) is 34.2 Å². The van der Waals surface area contributed by atoms with Gasteiger partial charge in [-0.25, -0.2) is 0 Å². The zero-order valence-electron chi connectivity index (χ0n) is 31.8. The van der Waals surface area contributed by atoms with Gasteiger partial charge in [0.1, 0.15) is 0 Å². The molecule has 0 bridgehead atoms. The number of benzene rings is 4. The van der Waals surface area contributed by atoms with Gasteiger partial charge in [-0.2, -0.15) is 0 Å². The largest absolute Gasteiger partial charge is 4.00 e. The summed E-state index contributed by atoms with van der Waals surface area (Å²) in [6.45, 7) is 17.4. The molecular weight excluding hydrogens is 858 g/mol. The molecule has 5 heteroatoms. The predicted molar refractivity (Wildman–Crippen MR) is 212 cm³/mol. The van der Waals surface area contributed by atoms with Crippen molar-refractivity contribution >= 4 is 21.5 Å². The molecule has 0 radical (unpaired) electrons. The molecule has 0 amide bonds. The molecule has 2 nitrogen and oxygen atoms in total. The minimum atomic E-state index is 0. The molecule has 0 spiro atoms. The number of fused-ring (bicyclic) bond motifs is 2. The molecular formula is C48H46Cl2HfO2. The van der Waals surface area contributed by atoms with Gasteiger partial charge in [-0.15, -0.1) is 57.9 Å². The fourth-order valence-electron chi connectivity index (χ4n) is 6.74. The van der Waals surface area contributed by atoms with E-state index in [4.69, 9.17) is 8.83 Å². The van der Waals surface area contributed by atoms with E-state index in [1.165, 1.54) is 54.9 Å². The number of aryl methyl sites for hydroxylation is 2. The molecule has 0 N–H and O–H groups in total. The fraction of sp³-hybridized carbons (Fsp3) is 0.208. The van der Waals surface area contributed by atoms with E-state index in [2.05, 4.69) is 151 Å². The molecule has 0 atom stereocenters. The van der Waals surface area contributed by atoms with Crippen LogP contribution >= 0.6 is 0 Å². The minimum Gasteiger partial charge on any atom is -1.00 e. The Morgan fingerprint density at radius 1 is 0.453 bits per heavy atom. The van der Waals surface area contributed by atoms with Crippen molar-refractivity contribution in [2.75, 3.05) is 0 Å². The standard InChI is InChI=1S/2C24H23O.2ClH.Hf/c2*1-16-8-13-23(25-16)19-14-18-6-5-7-21(22(18)15-19)17-9-11-20(12-10-17)24(2,3)4;;;/h2*5-15H,1-4H3;2*1H;/q2*-1;;;+4/p-2. The van der Waals surface area contributed by atoms with Gasteiger partial charge < -0.3 is 33.6 Å². The number of furan rings is 2. The number of halogens is 2. The Labute approximate surface area is 346 Å². The maximum absolute atomic E-state index is 5.80. The zero-order chi connectivity index (χ0) is 35.2. The summed E-state index contributed by atoms with van der Waals surface area (Å²) >= 11 is 0. The zero-order valence-corrected chi connectivity index (χ0v) is 36.9. The predicted octanol–water partition coefficient (Wildman–Crippen LogP) is 8.19. The Bertz CT molecular complexity index is 2230. The van der Waals surface area contributed by atoms with Crippen molar-refractivity contribution in [1.82, 2.24) is 0 Å². The van der Waals surface area contributed by atoms with Crippen LogP contribution < -0.4 is 24.8 Å². The van der Waals surface area contributed by atoms with Gasteiger partial charge >= 0.3 is 25.8 Å². The summed E-state index contributed by atoms with van der Waals surface area (Å²) in [5.74, 6) is 3.75. The number of hydrogen-bond donors (Lipinski definition) is 0. The molecule has 0 saturated heterocycles. The smallest absolute Gasteiger partial charge is 1.00 e. The van der Waals surface area contributed by atoms with Crippen LogP contribution in [-0.4, -0.2) is 0 Å². The van der Waals surface area contributed by atoms with Crippen molar-refractivity contribution in [3.63, 3.8) is 0 Å². The van der Waals surface area contributed by atoms with Gasteiger partial charge in [0, 0.05) is 0 Å². The van der Waals surface area contributed by atoms with Gasteiger partial charge in [-0.05, 0) is 71.2 Å². The fourth-order valence-corrected chi connectivity index (χ4v) is 6.74. The SMILES string of the molecule is Cc1ccc(-c2cc3c(-c4ccc(C(C)(C)C)cc4)cccc3[cH-]2)o1.Cc1ccc(-c2cc3c(-c4ccc(C(C)(C)C)cc4)cccc3[cH-]2)o1.[Cl-].[Cl-].[Hf+4]. The van der Waals surface area contributed by atoms with Crippen molar-refractivity contribution in [3.8, 4) is 44.9 Å². The third-order valence-corrected chi connectivity index (χ3v) is 9.68. The van der Waals surface area contributed by atoms with Crippen LogP contribution in [0.5, 0.6) is 0 Å². The van der Waals surface area contributed by atoms with Crippen LogP contribution in [0.3, 0.4) is 0 Å². The molecule has 0 aliphatic rings. The number of rotatable bonds is 4. The normalized spacial score (nSPS) is 11.3. The second-order valence-corrected chi connectivity index (χ2v) is 15.6. The maximum Gasteiger partial charge on any atom is 4.00 e. The first-order chi connectivity index (χ1) is 23.8. The first kappa shape index (κ1) is 41.9. The van der Waals surface area contributed by atoms with Crippen LogP contribution in [0.25, 0.3) is 66.4 Å². The van der Waals surface area contributed by atoms with Crippen LogP contribution in [0.15, 0.2) is 142 Å².